The van der Waals surface area contributed by atoms with Crippen molar-refractivity contribution in [1.82, 2.24) is 14.2 Å². The van der Waals surface area contributed by atoms with Crippen LogP contribution in [0.25, 0.3) is 0 Å². The molecule has 1 aromatic rings. The van der Waals surface area contributed by atoms with E-state index in [-0.39, 0.29) is 6.04 Å². The fourth-order valence-corrected chi connectivity index (χ4v) is 4.47. The average Bonchev–Trinajstić information content (AvgIpc) is 2.47. The molecular formula is C13H18FN3O2S. The summed E-state index contributed by atoms with van der Waals surface area (Å²) in [5.41, 5.74) is 0. The van der Waals surface area contributed by atoms with Crippen molar-refractivity contribution in [3.63, 3.8) is 0 Å². The lowest BCUT2D eigenvalue weighted by Gasteiger charge is -2.43. The SMILES string of the molecule is O=S(=O)(c1ncccc1F)N1CCN2CCCCC2C1. The highest BCUT2D eigenvalue weighted by atomic mass is 32.2. The van der Waals surface area contributed by atoms with E-state index in [9.17, 15) is 12.8 Å². The third kappa shape index (κ3) is 2.45. The molecule has 2 saturated heterocycles. The molecule has 0 amide bonds. The molecular weight excluding hydrogens is 281 g/mol. The zero-order valence-electron chi connectivity index (χ0n) is 11.2. The summed E-state index contributed by atoms with van der Waals surface area (Å²) < 4.78 is 40.0. The lowest BCUT2D eigenvalue weighted by molar-refractivity contribution is 0.0849. The fourth-order valence-electron chi connectivity index (χ4n) is 3.03. The molecule has 20 heavy (non-hydrogen) atoms. The van der Waals surface area contributed by atoms with Crippen molar-refractivity contribution >= 4 is 10.0 Å². The first kappa shape index (κ1) is 13.9. The average molecular weight is 299 g/mol. The smallest absolute Gasteiger partial charge is 0.263 e. The summed E-state index contributed by atoms with van der Waals surface area (Å²) in [7, 11) is -3.82. The number of aromatic nitrogens is 1. The summed E-state index contributed by atoms with van der Waals surface area (Å²) in [5, 5.41) is -0.454. The number of hydrogen-bond donors (Lipinski definition) is 0. The molecule has 0 radical (unpaired) electrons. The van der Waals surface area contributed by atoms with E-state index >= 15 is 0 Å². The van der Waals surface area contributed by atoms with Crippen LogP contribution in [0.2, 0.25) is 0 Å². The van der Waals surface area contributed by atoms with Gasteiger partial charge >= 0.3 is 0 Å². The van der Waals surface area contributed by atoms with Crippen molar-refractivity contribution in [2.24, 2.45) is 0 Å². The largest absolute Gasteiger partial charge is 0.298 e. The topological polar surface area (TPSA) is 53.5 Å². The molecule has 2 aliphatic heterocycles. The number of sulfonamides is 1. The first-order valence-electron chi connectivity index (χ1n) is 6.94. The fraction of sp³-hybridized carbons (Fsp3) is 0.615. The van der Waals surface area contributed by atoms with E-state index in [0.29, 0.717) is 13.1 Å². The van der Waals surface area contributed by atoms with E-state index in [1.54, 1.807) is 0 Å². The maximum absolute atomic E-state index is 13.7. The summed E-state index contributed by atoms with van der Waals surface area (Å²) in [4.78, 5) is 6.05. The normalized spacial score (nSPS) is 25.4. The van der Waals surface area contributed by atoms with Gasteiger partial charge in [0.15, 0.2) is 5.82 Å². The number of pyridine rings is 1. The Labute approximate surface area is 118 Å². The summed E-state index contributed by atoms with van der Waals surface area (Å²) in [5.74, 6) is -0.779. The van der Waals surface area contributed by atoms with Crippen LogP contribution in [-0.4, -0.2) is 54.8 Å². The van der Waals surface area contributed by atoms with Gasteiger partial charge in [-0.2, -0.15) is 4.31 Å². The van der Waals surface area contributed by atoms with Gasteiger partial charge in [-0.05, 0) is 31.5 Å². The van der Waals surface area contributed by atoms with Crippen LogP contribution < -0.4 is 0 Å². The maximum Gasteiger partial charge on any atom is 0.263 e. The minimum atomic E-state index is -3.82. The van der Waals surface area contributed by atoms with Crippen LogP contribution in [0.1, 0.15) is 19.3 Å². The Morgan fingerprint density at radius 3 is 2.90 bits per heavy atom. The Morgan fingerprint density at radius 1 is 1.25 bits per heavy atom. The van der Waals surface area contributed by atoms with E-state index in [0.717, 1.165) is 32.0 Å². The van der Waals surface area contributed by atoms with Gasteiger partial charge in [0.05, 0.1) is 0 Å². The second-order valence-electron chi connectivity index (χ2n) is 5.34. The highest BCUT2D eigenvalue weighted by molar-refractivity contribution is 7.89. The monoisotopic (exact) mass is 299 g/mol. The predicted molar refractivity (Wildman–Crippen MR) is 72.2 cm³/mol. The lowest BCUT2D eigenvalue weighted by atomic mass is 10.0. The molecule has 0 spiro atoms. The minimum absolute atomic E-state index is 0.263. The van der Waals surface area contributed by atoms with E-state index in [1.807, 2.05) is 0 Å². The second kappa shape index (κ2) is 5.38. The molecule has 0 N–H and O–H groups in total. The van der Waals surface area contributed by atoms with Crippen molar-refractivity contribution in [3.8, 4) is 0 Å². The third-order valence-corrected chi connectivity index (χ3v) is 5.91. The third-order valence-electron chi connectivity index (χ3n) is 4.11. The van der Waals surface area contributed by atoms with Gasteiger partial charge in [-0.3, -0.25) is 4.90 Å². The zero-order valence-corrected chi connectivity index (χ0v) is 12.0. The molecule has 5 nitrogen and oxygen atoms in total. The number of rotatable bonds is 2. The summed E-state index contributed by atoms with van der Waals surface area (Å²) in [6, 6.07) is 2.79. The van der Waals surface area contributed by atoms with Crippen LogP contribution in [0.3, 0.4) is 0 Å². The molecule has 1 unspecified atom stereocenters. The van der Waals surface area contributed by atoms with Gasteiger partial charge in [0.1, 0.15) is 0 Å². The van der Waals surface area contributed by atoms with Crippen molar-refractivity contribution in [1.29, 1.82) is 0 Å². The molecule has 0 saturated carbocycles. The second-order valence-corrected chi connectivity index (χ2v) is 7.19. The molecule has 1 atom stereocenters. The minimum Gasteiger partial charge on any atom is -0.298 e. The zero-order chi connectivity index (χ0) is 14.2. The van der Waals surface area contributed by atoms with Crippen LogP contribution in [-0.2, 0) is 10.0 Å². The van der Waals surface area contributed by atoms with Crippen LogP contribution in [0.5, 0.6) is 0 Å². The number of nitrogens with zero attached hydrogens (tertiary/aromatic N) is 3. The number of halogens is 1. The Hall–Kier alpha value is -1.05. The summed E-state index contributed by atoms with van der Waals surface area (Å²) in [6.45, 7) is 2.61. The number of hydrogen-bond acceptors (Lipinski definition) is 4. The van der Waals surface area contributed by atoms with Gasteiger partial charge < -0.3 is 0 Å². The van der Waals surface area contributed by atoms with E-state index in [4.69, 9.17) is 0 Å². The van der Waals surface area contributed by atoms with Crippen LogP contribution >= 0.6 is 0 Å². The maximum atomic E-state index is 13.7. The first-order valence-corrected chi connectivity index (χ1v) is 8.38. The van der Waals surface area contributed by atoms with Gasteiger partial charge in [-0.1, -0.05) is 6.42 Å². The number of piperazine rings is 1. The predicted octanol–water partition coefficient (Wildman–Crippen LogP) is 1.08. The highest BCUT2D eigenvalue weighted by Gasteiger charge is 2.36. The molecule has 1 aromatic heterocycles. The number of fused-ring (bicyclic) bond motifs is 1. The molecule has 2 fully saturated rings. The first-order chi connectivity index (χ1) is 9.59. The molecule has 0 aliphatic carbocycles. The Kier molecular flexibility index (Phi) is 3.74. The van der Waals surface area contributed by atoms with Gasteiger partial charge in [0, 0.05) is 31.9 Å². The van der Waals surface area contributed by atoms with Crippen LogP contribution in [0, 0.1) is 5.82 Å². The lowest BCUT2D eigenvalue weighted by Crippen LogP contribution is -2.56. The molecule has 110 valence electrons. The van der Waals surface area contributed by atoms with E-state index in [1.165, 1.54) is 23.0 Å². The van der Waals surface area contributed by atoms with Crippen LogP contribution in [0.15, 0.2) is 23.4 Å². The van der Waals surface area contributed by atoms with Gasteiger partial charge in [-0.15, -0.1) is 0 Å². The molecule has 7 heteroatoms. The molecule has 0 aromatic carbocycles. The Bertz CT molecular complexity index is 593. The van der Waals surface area contributed by atoms with Crippen molar-refractivity contribution in [2.75, 3.05) is 26.2 Å². The van der Waals surface area contributed by atoms with E-state index < -0.39 is 20.9 Å². The van der Waals surface area contributed by atoms with Crippen molar-refractivity contribution in [2.45, 2.75) is 30.3 Å². The highest BCUT2D eigenvalue weighted by Crippen LogP contribution is 2.25. The standard InChI is InChI=1S/C13H18FN3O2S/c14-12-5-3-6-15-13(12)20(18,19)17-9-8-16-7-2-1-4-11(16)10-17/h3,5-6,11H,1-2,4,7-10H2. The molecule has 3 heterocycles. The quantitative estimate of drug-likeness (QED) is 0.820. The van der Waals surface area contributed by atoms with Gasteiger partial charge in [0.2, 0.25) is 5.03 Å². The summed E-state index contributed by atoms with van der Waals surface area (Å²) >= 11 is 0. The van der Waals surface area contributed by atoms with Gasteiger partial charge in [0.25, 0.3) is 10.0 Å². The molecule has 0 bridgehead atoms. The van der Waals surface area contributed by atoms with Crippen LogP contribution in [0.4, 0.5) is 4.39 Å². The Balaban J connectivity index is 1.84. The van der Waals surface area contributed by atoms with E-state index in [2.05, 4.69) is 9.88 Å². The van der Waals surface area contributed by atoms with Gasteiger partial charge in [-0.25, -0.2) is 17.8 Å². The number of piperidine rings is 1. The van der Waals surface area contributed by atoms with Crippen molar-refractivity contribution in [3.05, 3.63) is 24.1 Å². The molecule has 3 rings (SSSR count). The summed E-state index contributed by atoms with van der Waals surface area (Å²) in [6.07, 6.45) is 4.63. The Morgan fingerprint density at radius 2 is 2.10 bits per heavy atom. The van der Waals surface area contributed by atoms with Crippen molar-refractivity contribution < 1.29 is 12.8 Å². The molecule has 2 aliphatic rings.